The molecule has 1 N–H and O–H groups in total. The van der Waals surface area contributed by atoms with Crippen molar-refractivity contribution in [2.24, 2.45) is 0 Å². The second-order valence-corrected chi connectivity index (χ2v) is 8.32. The van der Waals surface area contributed by atoms with Gasteiger partial charge in [-0.25, -0.2) is 18.1 Å². The molecular formula is C18H15F6N3O4S. The zero-order valence-corrected chi connectivity index (χ0v) is 16.8. The van der Waals surface area contributed by atoms with E-state index in [9.17, 15) is 39.6 Å². The zero-order valence-electron chi connectivity index (χ0n) is 16.0. The van der Waals surface area contributed by atoms with E-state index in [2.05, 4.69) is 4.98 Å². The highest BCUT2D eigenvalue weighted by Gasteiger charge is 2.40. The van der Waals surface area contributed by atoms with Gasteiger partial charge in [0.2, 0.25) is 0 Å². The van der Waals surface area contributed by atoms with Crippen LogP contribution in [0.5, 0.6) is 0 Å². The zero-order chi connectivity index (χ0) is 23.7. The fourth-order valence-corrected chi connectivity index (χ4v) is 3.81. The average Bonchev–Trinajstić information content (AvgIpc) is 2.72. The number of aromatic nitrogens is 1. The predicted molar refractivity (Wildman–Crippen MR) is 98.4 cm³/mol. The molecule has 14 heteroatoms. The van der Waals surface area contributed by atoms with Gasteiger partial charge in [-0.1, -0.05) is 0 Å². The quantitative estimate of drug-likeness (QED) is 0.673. The molecule has 0 saturated carbocycles. The smallest absolute Gasteiger partial charge is 0.378 e. The maximum atomic E-state index is 13.2. The minimum Gasteiger partial charge on any atom is -0.378 e. The van der Waals surface area contributed by atoms with E-state index >= 15 is 0 Å². The Kier molecular flexibility index (Phi) is 6.38. The number of benzene rings is 1. The number of alkyl halides is 6. The Hall–Kier alpha value is -2.87. The molecule has 0 spiro atoms. The van der Waals surface area contributed by atoms with Gasteiger partial charge in [-0.05, 0) is 30.3 Å². The minimum atomic E-state index is -5.33. The molecule has 1 aromatic carbocycles. The lowest BCUT2D eigenvalue weighted by atomic mass is 10.0. The summed E-state index contributed by atoms with van der Waals surface area (Å²) in [7, 11) is -4.65. The average molecular weight is 483 g/mol. The second kappa shape index (κ2) is 8.58. The number of sulfonamides is 1. The Morgan fingerprint density at radius 2 is 1.66 bits per heavy atom. The number of carbonyl (C=O) groups excluding carboxylic acids is 1. The SMILES string of the molecule is O=C(NS(=O)(=O)c1ccc(N2CCOCC2)nc1)c1ccc(C(F)(F)F)cc1C(F)(F)F. The molecule has 1 aromatic heterocycles. The number of morpholine rings is 1. The number of ether oxygens (including phenoxy) is 1. The Bertz CT molecular complexity index is 1100. The molecule has 1 saturated heterocycles. The number of pyridine rings is 1. The molecule has 0 radical (unpaired) electrons. The van der Waals surface area contributed by atoms with E-state index in [1.807, 2.05) is 4.90 Å². The molecule has 174 valence electrons. The minimum absolute atomic E-state index is 0.250. The lowest BCUT2D eigenvalue weighted by molar-refractivity contribution is -0.143. The molecule has 1 aliphatic heterocycles. The summed E-state index contributed by atoms with van der Waals surface area (Å²) in [4.78, 5) is 17.5. The summed E-state index contributed by atoms with van der Waals surface area (Å²) in [6, 6.07) is 2.74. The van der Waals surface area contributed by atoms with E-state index in [0.29, 0.717) is 32.1 Å². The van der Waals surface area contributed by atoms with E-state index in [4.69, 9.17) is 4.74 Å². The standard InChI is InChI=1S/C18H15F6N3O4S/c19-17(20,21)11-1-3-13(14(9-11)18(22,23)24)16(28)26-32(29,30)12-2-4-15(25-10-12)27-5-7-31-8-6-27/h1-4,9-10H,5-8H2,(H,26,28). The highest BCUT2D eigenvalue weighted by molar-refractivity contribution is 7.90. The first-order valence-corrected chi connectivity index (χ1v) is 10.4. The number of rotatable bonds is 4. The van der Waals surface area contributed by atoms with Crippen molar-refractivity contribution in [1.29, 1.82) is 0 Å². The molecule has 3 rings (SSSR count). The van der Waals surface area contributed by atoms with Crippen molar-refractivity contribution in [3.05, 3.63) is 53.2 Å². The molecule has 0 bridgehead atoms. The number of hydrogen-bond donors (Lipinski definition) is 1. The largest absolute Gasteiger partial charge is 0.417 e. The highest BCUT2D eigenvalue weighted by Crippen LogP contribution is 2.37. The van der Waals surface area contributed by atoms with Gasteiger partial charge in [0.15, 0.2) is 0 Å². The number of nitrogens with zero attached hydrogens (tertiary/aromatic N) is 2. The van der Waals surface area contributed by atoms with Crippen LogP contribution < -0.4 is 9.62 Å². The second-order valence-electron chi connectivity index (χ2n) is 6.64. The Morgan fingerprint density at radius 3 is 2.19 bits per heavy atom. The molecule has 2 aromatic rings. The van der Waals surface area contributed by atoms with Crippen molar-refractivity contribution in [2.75, 3.05) is 31.2 Å². The van der Waals surface area contributed by atoms with Crippen molar-refractivity contribution in [2.45, 2.75) is 17.2 Å². The molecule has 0 atom stereocenters. The maximum absolute atomic E-state index is 13.2. The van der Waals surface area contributed by atoms with E-state index in [-0.39, 0.29) is 18.2 Å². The van der Waals surface area contributed by atoms with Crippen LogP contribution in [0.3, 0.4) is 0 Å². The lowest BCUT2D eigenvalue weighted by Crippen LogP contribution is -2.37. The highest BCUT2D eigenvalue weighted by atomic mass is 32.2. The van der Waals surface area contributed by atoms with E-state index in [1.54, 1.807) is 0 Å². The van der Waals surface area contributed by atoms with Crippen LogP contribution in [0, 0.1) is 0 Å². The summed E-state index contributed by atoms with van der Waals surface area (Å²) in [5, 5.41) is 0. The number of carbonyl (C=O) groups is 1. The molecule has 1 fully saturated rings. The molecule has 2 heterocycles. The van der Waals surface area contributed by atoms with Crippen LogP contribution in [-0.2, 0) is 27.1 Å². The summed E-state index contributed by atoms with van der Waals surface area (Å²) in [5.41, 5.74) is -4.82. The number of amides is 1. The molecule has 1 amide bonds. The summed E-state index contributed by atoms with van der Waals surface area (Å²) >= 11 is 0. The van der Waals surface area contributed by atoms with Gasteiger partial charge in [-0.3, -0.25) is 4.79 Å². The first-order valence-electron chi connectivity index (χ1n) is 8.93. The summed E-state index contributed by atoms with van der Waals surface area (Å²) in [5.74, 6) is -1.30. The van der Waals surface area contributed by atoms with Gasteiger partial charge in [0, 0.05) is 19.3 Å². The third-order valence-electron chi connectivity index (χ3n) is 4.49. The van der Waals surface area contributed by atoms with Crippen LogP contribution in [-0.4, -0.2) is 45.6 Å². The van der Waals surface area contributed by atoms with Gasteiger partial charge < -0.3 is 9.64 Å². The first kappa shape index (κ1) is 23.8. The van der Waals surface area contributed by atoms with Crippen LogP contribution in [0.4, 0.5) is 32.2 Å². The van der Waals surface area contributed by atoms with Crippen LogP contribution in [0.2, 0.25) is 0 Å². The maximum Gasteiger partial charge on any atom is 0.417 e. The molecule has 32 heavy (non-hydrogen) atoms. The monoisotopic (exact) mass is 483 g/mol. The van der Waals surface area contributed by atoms with Crippen molar-refractivity contribution in [3.63, 3.8) is 0 Å². The topological polar surface area (TPSA) is 88.6 Å². The third kappa shape index (κ3) is 5.30. The lowest BCUT2D eigenvalue weighted by Gasteiger charge is -2.27. The van der Waals surface area contributed by atoms with E-state index in [1.165, 1.54) is 10.8 Å². The van der Waals surface area contributed by atoms with Crippen molar-refractivity contribution >= 4 is 21.7 Å². The third-order valence-corrected chi connectivity index (χ3v) is 5.81. The molecule has 1 aliphatic rings. The van der Waals surface area contributed by atoms with E-state index in [0.717, 1.165) is 12.3 Å². The molecule has 0 unspecified atom stereocenters. The van der Waals surface area contributed by atoms with Crippen LogP contribution in [0.15, 0.2) is 41.4 Å². The predicted octanol–water partition coefficient (Wildman–Crippen LogP) is 3.07. The van der Waals surface area contributed by atoms with Gasteiger partial charge >= 0.3 is 12.4 Å². The van der Waals surface area contributed by atoms with Gasteiger partial charge in [0.05, 0.1) is 29.9 Å². The van der Waals surface area contributed by atoms with Crippen molar-refractivity contribution in [1.82, 2.24) is 9.71 Å². The summed E-state index contributed by atoms with van der Waals surface area (Å²) in [6.07, 6.45) is -9.51. The number of halogens is 6. The van der Waals surface area contributed by atoms with Gasteiger partial charge in [-0.2, -0.15) is 26.3 Å². The van der Waals surface area contributed by atoms with Crippen molar-refractivity contribution in [3.8, 4) is 0 Å². The Balaban J connectivity index is 1.85. The van der Waals surface area contributed by atoms with Crippen LogP contribution >= 0.6 is 0 Å². The first-order chi connectivity index (χ1) is 14.8. The normalized spacial score (nSPS) is 15.5. The van der Waals surface area contributed by atoms with Gasteiger partial charge in [-0.15, -0.1) is 0 Å². The van der Waals surface area contributed by atoms with Crippen LogP contribution in [0.25, 0.3) is 0 Å². The fourth-order valence-electron chi connectivity index (χ4n) is 2.90. The fraction of sp³-hybridized carbons (Fsp3) is 0.333. The van der Waals surface area contributed by atoms with E-state index < -0.39 is 49.9 Å². The Labute approximate surface area is 178 Å². The number of anilines is 1. The molecule has 0 aliphatic carbocycles. The number of hydrogen-bond acceptors (Lipinski definition) is 6. The van der Waals surface area contributed by atoms with Gasteiger partial charge in [0.25, 0.3) is 15.9 Å². The van der Waals surface area contributed by atoms with Gasteiger partial charge in [0.1, 0.15) is 10.7 Å². The Morgan fingerprint density at radius 1 is 1.00 bits per heavy atom. The molecular weight excluding hydrogens is 468 g/mol. The van der Waals surface area contributed by atoms with Crippen LogP contribution in [0.1, 0.15) is 21.5 Å². The summed E-state index contributed by atoms with van der Waals surface area (Å²) in [6.45, 7) is 1.94. The van der Waals surface area contributed by atoms with Crippen molar-refractivity contribution < 1.29 is 44.3 Å². The summed E-state index contributed by atoms with van der Waals surface area (Å²) < 4.78 is 109. The number of nitrogens with one attached hydrogen (secondary N) is 1. The molecule has 7 nitrogen and oxygen atoms in total.